The first kappa shape index (κ1) is 16.8. The SMILES string of the molecule is COCCNCCCc1nnc(-c2ccc(Cl)cc2Br)s1. The van der Waals surface area contributed by atoms with Crippen LogP contribution in [0.5, 0.6) is 0 Å². The molecule has 4 nitrogen and oxygen atoms in total. The third-order valence-corrected chi connectivity index (χ3v) is 4.76. The molecule has 0 aliphatic heterocycles. The van der Waals surface area contributed by atoms with Crippen LogP contribution in [0.2, 0.25) is 5.02 Å². The van der Waals surface area contributed by atoms with Gasteiger partial charge in [-0.05, 0) is 31.2 Å². The molecule has 0 unspecified atom stereocenters. The van der Waals surface area contributed by atoms with Gasteiger partial charge in [-0.3, -0.25) is 0 Å². The number of aryl methyl sites for hydroxylation is 1. The Bertz CT molecular complexity index is 579. The first-order chi connectivity index (χ1) is 10.2. The first-order valence-electron chi connectivity index (χ1n) is 6.68. The largest absolute Gasteiger partial charge is 0.383 e. The van der Waals surface area contributed by atoms with Crippen molar-refractivity contribution in [3.8, 4) is 10.6 Å². The van der Waals surface area contributed by atoms with Gasteiger partial charge < -0.3 is 10.1 Å². The standard InChI is InChI=1S/C14H17BrClN3OS/c1-20-8-7-17-6-2-3-13-18-19-14(21-13)11-5-4-10(16)9-12(11)15/h4-5,9,17H,2-3,6-8H2,1H3. The van der Waals surface area contributed by atoms with Crippen molar-refractivity contribution in [1.29, 1.82) is 0 Å². The lowest BCUT2D eigenvalue weighted by molar-refractivity contribution is 0.199. The quantitative estimate of drug-likeness (QED) is 0.697. The Morgan fingerprint density at radius 1 is 1.33 bits per heavy atom. The van der Waals surface area contributed by atoms with Crippen LogP contribution in [0.25, 0.3) is 10.6 Å². The van der Waals surface area contributed by atoms with Gasteiger partial charge in [0.05, 0.1) is 6.61 Å². The lowest BCUT2D eigenvalue weighted by Gasteiger charge is -2.02. The molecule has 0 saturated heterocycles. The number of rotatable bonds is 8. The molecule has 1 aromatic heterocycles. The van der Waals surface area contributed by atoms with E-state index in [4.69, 9.17) is 16.3 Å². The molecule has 0 spiro atoms. The van der Waals surface area contributed by atoms with Gasteiger partial charge in [0, 0.05) is 35.1 Å². The smallest absolute Gasteiger partial charge is 0.148 e. The Morgan fingerprint density at radius 3 is 2.95 bits per heavy atom. The minimum atomic E-state index is 0.706. The van der Waals surface area contributed by atoms with Crippen LogP contribution in [0, 0.1) is 0 Å². The van der Waals surface area contributed by atoms with Gasteiger partial charge in [-0.15, -0.1) is 10.2 Å². The van der Waals surface area contributed by atoms with Crippen molar-refractivity contribution in [3.63, 3.8) is 0 Å². The van der Waals surface area contributed by atoms with E-state index in [1.807, 2.05) is 18.2 Å². The molecule has 0 bridgehead atoms. The van der Waals surface area contributed by atoms with Gasteiger partial charge >= 0.3 is 0 Å². The zero-order valence-electron chi connectivity index (χ0n) is 11.7. The second-order valence-corrected chi connectivity index (χ2v) is 6.82. The van der Waals surface area contributed by atoms with E-state index in [1.54, 1.807) is 18.4 Å². The maximum absolute atomic E-state index is 5.95. The summed E-state index contributed by atoms with van der Waals surface area (Å²) in [5.41, 5.74) is 1.03. The normalized spacial score (nSPS) is 11.0. The van der Waals surface area contributed by atoms with Gasteiger partial charge in [-0.25, -0.2) is 0 Å². The van der Waals surface area contributed by atoms with E-state index in [1.165, 1.54) is 0 Å². The van der Waals surface area contributed by atoms with Gasteiger partial charge in [0.25, 0.3) is 0 Å². The minimum Gasteiger partial charge on any atom is -0.383 e. The van der Waals surface area contributed by atoms with Crippen LogP contribution in [0.15, 0.2) is 22.7 Å². The van der Waals surface area contributed by atoms with E-state index in [9.17, 15) is 0 Å². The number of nitrogens with one attached hydrogen (secondary N) is 1. The first-order valence-corrected chi connectivity index (χ1v) is 8.67. The lowest BCUT2D eigenvalue weighted by Crippen LogP contribution is -2.20. The molecule has 1 aromatic carbocycles. The Hall–Kier alpha value is -0.530. The molecule has 0 fully saturated rings. The molecule has 0 radical (unpaired) electrons. The number of halogens is 2. The summed E-state index contributed by atoms with van der Waals surface area (Å²) in [6.45, 7) is 2.59. The summed E-state index contributed by atoms with van der Waals surface area (Å²) in [4.78, 5) is 0. The highest BCUT2D eigenvalue weighted by Gasteiger charge is 2.10. The van der Waals surface area contributed by atoms with Crippen LogP contribution in [0.3, 0.4) is 0 Å². The summed E-state index contributed by atoms with van der Waals surface area (Å²) in [5.74, 6) is 0. The predicted octanol–water partition coefficient (Wildman–Crippen LogP) is 3.79. The number of methoxy groups -OCH3 is 1. The summed E-state index contributed by atoms with van der Waals surface area (Å²) < 4.78 is 5.93. The number of hydrogen-bond acceptors (Lipinski definition) is 5. The maximum atomic E-state index is 5.95. The van der Waals surface area contributed by atoms with Gasteiger partial charge in [0.1, 0.15) is 10.0 Å². The summed E-state index contributed by atoms with van der Waals surface area (Å²) in [6.07, 6.45) is 1.98. The summed E-state index contributed by atoms with van der Waals surface area (Å²) in [7, 11) is 1.71. The average molecular weight is 391 g/mol. The summed E-state index contributed by atoms with van der Waals surface area (Å²) in [5, 5.41) is 14.5. The number of nitrogens with zero attached hydrogens (tertiary/aromatic N) is 2. The summed E-state index contributed by atoms with van der Waals surface area (Å²) >= 11 is 11.1. The zero-order valence-corrected chi connectivity index (χ0v) is 14.9. The van der Waals surface area contributed by atoms with E-state index < -0.39 is 0 Å². The Kier molecular flexibility index (Phi) is 7.06. The van der Waals surface area contributed by atoms with E-state index >= 15 is 0 Å². The zero-order chi connectivity index (χ0) is 15.1. The van der Waals surface area contributed by atoms with Crippen LogP contribution < -0.4 is 5.32 Å². The highest BCUT2D eigenvalue weighted by molar-refractivity contribution is 9.10. The lowest BCUT2D eigenvalue weighted by atomic mass is 10.2. The van der Waals surface area contributed by atoms with Gasteiger partial charge in [-0.2, -0.15) is 0 Å². The monoisotopic (exact) mass is 389 g/mol. The second-order valence-electron chi connectivity index (χ2n) is 4.47. The molecule has 2 aromatic rings. The Labute approximate surface area is 142 Å². The molecular weight excluding hydrogens is 374 g/mol. The second kappa shape index (κ2) is 8.80. The van der Waals surface area contributed by atoms with Crippen LogP contribution in [-0.4, -0.2) is 37.0 Å². The Morgan fingerprint density at radius 2 is 2.19 bits per heavy atom. The van der Waals surface area contributed by atoms with Crippen molar-refractivity contribution in [1.82, 2.24) is 15.5 Å². The molecule has 0 aliphatic rings. The van der Waals surface area contributed by atoms with Crippen molar-refractivity contribution in [2.45, 2.75) is 12.8 Å². The molecule has 2 rings (SSSR count). The van der Waals surface area contributed by atoms with Crippen LogP contribution >= 0.6 is 38.9 Å². The maximum Gasteiger partial charge on any atom is 0.148 e. The predicted molar refractivity (Wildman–Crippen MR) is 91.1 cm³/mol. The van der Waals surface area contributed by atoms with Gasteiger partial charge in [-0.1, -0.05) is 38.9 Å². The highest BCUT2D eigenvalue weighted by Crippen LogP contribution is 2.32. The molecule has 1 heterocycles. The van der Waals surface area contributed by atoms with Crippen molar-refractivity contribution in [3.05, 3.63) is 32.7 Å². The molecule has 21 heavy (non-hydrogen) atoms. The van der Waals surface area contributed by atoms with Crippen LogP contribution in [0.1, 0.15) is 11.4 Å². The fourth-order valence-corrected chi connectivity index (χ4v) is 3.71. The topological polar surface area (TPSA) is 47.0 Å². The molecule has 114 valence electrons. The van der Waals surface area contributed by atoms with Crippen molar-refractivity contribution in [2.24, 2.45) is 0 Å². The van der Waals surface area contributed by atoms with Crippen molar-refractivity contribution < 1.29 is 4.74 Å². The Balaban J connectivity index is 1.86. The minimum absolute atomic E-state index is 0.706. The van der Waals surface area contributed by atoms with E-state index in [0.717, 1.165) is 52.6 Å². The number of hydrogen-bond donors (Lipinski definition) is 1. The van der Waals surface area contributed by atoms with Crippen molar-refractivity contribution in [2.75, 3.05) is 26.8 Å². The number of aromatic nitrogens is 2. The highest BCUT2D eigenvalue weighted by atomic mass is 79.9. The molecule has 1 N–H and O–H groups in total. The molecule has 0 saturated carbocycles. The average Bonchev–Trinajstić information content (AvgIpc) is 2.91. The van der Waals surface area contributed by atoms with Gasteiger partial charge in [0.2, 0.25) is 0 Å². The third kappa shape index (κ3) is 5.30. The molecule has 0 amide bonds. The van der Waals surface area contributed by atoms with E-state index in [-0.39, 0.29) is 0 Å². The number of benzene rings is 1. The molecule has 7 heteroatoms. The molecule has 0 aliphatic carbocycles. The van der Waals surface area contributed by atoms with Gasteiger partial charge in [0.15, 0.2) is 0 Å². The van der Waals surface area contributed by atoms with Crippen molar-refractivity contribution >= 4 is 38.9 Å². The van der Waals surface area contributed by atoms with E-state index in [0.29, 0.717) is 5.02 Å². The molecule has 0 atom stereocenters. The fraction of sp³-hybridized carbons (Fsp3) is 0.429. The number of ether oxygens (including phenoxy) is 1. The van der Waals surface area contributed by atoms with Crippen LogP contribution in [0.4, 0.5) is 0 Å². The summed E-state index contributed by atoms with van der Waals surface area (Å²) in [6, 6.07) is 5.70. The molecular formula is C14H17BrClN3OS. The van der Waals surface area contributed by atoms with E-state index in [2.05, 4.69) is 31.4 Å². The van der Waals surface area contributed by atoms with Crippen LogP contribution in [-0.2, 0) is 11.2 Å². The fourth-order valence-electron chi connectivity index (χ4n) is 1.79. The third-order valence-electron chi connectivity index (χ3n) is 2.86.